The molecule has 2 amide bonds. The second-order valence-corrected chi connectivity index (χ2v) is 13.7. The van der Waals surface area contributed by atoms with Crippen LogP contribution >= 0.6 is 0 Å². The van der Waals surface area contributed by atoms with Crippen LogP contribution in [0.5, 0.6) is 5.75 Å². The summed E-state index contributed by atoms with van der Waals surface area (Å²) >= 11 is 0. The van der Waals surface area contributed by atoms with E-state index >= 15 is 0 Å². The number of likely N-dealkylation sites (tertiary alicyclic amines) is 1. The van der Waals surface area contributed by atoms with Crippen LogP contribution in [0.4, 0.5) is 4.79 Å². The van der Waals surface area contributed by atoms with Gasteiger partial charge in [0.2, 0.25) is 0 Å². The minimum Gasteiger partial charge on any atom is -0.508 e. The van der Waals surface area contributed by atoms with E-state index in [0.717, 1.165) is 31.5 Å². The highest BCUT2D eigenvalue weighted by Crippen LogP contribution is 2.22. The van der Waals surface area contributed by atoms with Gasteiger partial charge in [0.05, 0.1) is 14.7 Å². The Morgan fingerprint density at radius 2 is 1.89 bits per heavy atom. The third kappa shape index (κ3) is 6.27. The van der Waals surface area contributed by atoms with Crippen LogP contribution in [0.2, 0.25) is 19.6 Å². The average molecular weight is 393 g/mol. The SMILES string of the molecule is CCOC(=O)N(CCc1cc(O)ccc1C(=O)N1CCCC1)C[Si](C)(C)C. The van der Waals surface area contributed by atoms with Gasteiger partial charge in [-0.1, -0.05) is 19.6 Å². The molecule has 0 aliphatic carbocycles. The molecule has 0 saturated carbocycles. The maximum Gasteiger partial charge on any atom is 0.409 e. The number of nitrogens with zero attached hydrogens (tertiary/aromatic N) is 2. The number of phenols is 1. The first-order valence-corrected chi connectivity index (χ1v) is 13.4. The van der Waals surface area contributed by atoms with E-state index in [0.29, 0.717) is 31.3 Å². The van der Waals surface area contributed by atoms with Crippen LogP contribution in [-0.4, -0.2) is 67.4 Å². The molecule has 27 heavy (non-hydrogen) atoms. The second kappa shape index (κ2) is 9.26. The zero-order chi connectivity index (χ0) is 20.0. The molecule has 0 unspecified atom stereocenters. The molecule has 0 bridgehead atoms. The van der Waals surface area contributed by atoms with Crippen LogP contribution in [0, 0.1) is 0 Å². The monoisotopic (exact) mass is 392 g/mol. The van der Waals surface area contributed by atoms with Gasteiger partial charge in [0.25, 0.3) is 5.91 Å². The van der Waals surface area contributed by atoms with Crippen LogP contribution in [0.3, 0.4) is 0 Å². The van der Waals surface area contributed by atoms with Crippen molar-refractivity contribution < 1.29 is 19.4 Å². The molecule has 1 aromatic carbocycles. The normalized spacial score (nSPS) is 14.3. The fourth-order valence-electron chi connectivity index (χ4n) is 3.36. The molecule has 0 radical (unpaired) electrons. The quantitative estimate of drug-likeness (QED) is 0.721. The number of hydrogen-bond acceptors (Lipinski definition) is 4. The first-order valence-electron chi connectivity index (χ1n) is 9.74. The minimum absolute atomic E-state index is 0.00961. The maximum absolute atomic E-state index is 12.8. The Hall–Kier alpha value is -2.02. The predicted molar refractivity (Wildman–Crippen MR) is 109 cm³/mol. The summed E-state index contributed by atoms with van der Waals surface area (Å²) in [5.41, 5.74) is 1.39. The van der Waals surface area contributed by atoms with E-state index in [1.54, 1.807) is 30.0 Å². The van der Waals surface area contributed by atoms with E-state index in [1.807, 2.05) is 4.90 Å². The van der Waals surface area contributed by atoms with Gasteiger partial charge in [0, 0.05) is 31.4 Å². The van der Waals surface area contributed by atoms with E-state index in [-0.39, 0.29) is 17.7 Å². The molecule has 2 rings (SSSR count). The first-order chi connectivity index (χ1) is 12.7. The van der Waals surface area contributed by atoms with Crippen LogP contribution in [0.1, 0.15) is 35.7 Å². The molecular formula is C20H32N2O4Si. The molecule has 1 fully saturated rings. The number of carbonyl (C=O) groups is 2. The van der Waals surface area contributed by atoms with Gasteiger partial charge in [-0.2, -0.15) is 0 Å². The summed E-state index contributed by atoms with van der Waals surface area (Å²) in [6, 6.07) is 4.89. The number of rotatable bonds is 7. The molecule has 1 heterocycles. The van der Waals surface area contributed by atoms with E-state index in [4.69, 9.17) is 4.74 Å². The molecule has 0 spiro atoms. The van der Waals surface area contributed by atoms with Crippen LogP contribution in [-0.2, 0) is 11.2 Å². The molecule has 1 N–H and O–H groups in total. The Balaban J connectivity index is 2.17. The predicted octanol–water partition coefficient (Wildman–Crippen LogP) is 3.51. The van der Waals surface area contributed by atoms with Crippen LogP contribution in [0.25, 0.3) is 0 Å². The molecule has 1 saturated heterocycles. The van der Waals surface area contributed by atoms with Gasteiger partial charge in [0.1, 0.15) is 5.75 Å². The molecule has 0 atom stereocenters. The summed E-state index contributed by atoms with van der Waals surface area (Å²) < 4.78 is 5.21. The van der Waals surface area contributed by atoms with Crippen molar-refractivity contribution in [2.24, 2.45) is 0 Å². The minimum atomic E-state index is -1.52. The van der Waals surface area contributed by atoms with Gasteiger partial charge in [-0.3, -0.25) is 4.79 Å². The largest absolute Gasteiger partial charge is 0.508 e. The number of benzene rings is 1. The number of aromatic hydroxyl groups is 1. The van der Waals surface area contributed by atoms with Crippen molar-refractivity contribution in [3.63, 3.8) is 0 Å². The molecular weight excluding hydrogens is 360 g/mol. The number of carbonyl (C=O) groups excluding carboxylic acids is 2. The summed E-state index contributed by atoms with van der Waals surface area (Å²) in [5.74, 6) is 0.145. The van der Waals surface area contributed by atoms with E-state index < -0.39 is 8.07 Å². The van der Waals surface area contributed by atoms with Crippen molar-refractivity contribution in [3.05, 3.63) is 29.3 Å². The Morgan fingerprint density at radius 1 is 1.22 bits per heavy atom. The number of hydrogen-bond donors (Lipinski definition) is 1. The van der Waals surface area contributed by atoms with Crippen LogP contribution in [0.15, 0.2) is 18.2 Å². The molecule has 0 aromatic heterocycles. The first kappa shape index (κ1) is 21.3. The van der Waals surface area contributed by atoms with E-state index in [9.17, 15) is 14.7 Å². The van der Waals surface area contributed by atoms with Crippen molar-refractivity contribution in [2.75, 3.05) is 32.4 Å². The van der Waals surface area contributed by atoms with Crippen molar-refractivity contribution >= 4 is 20.1 Å². The zero-order valence-corrected chi connectivity index (χ0v) is 18.0. The number of amides is 2. The second-order valence-electron chi connectivity index (χ2n) is 8.27. The van der Waals surface area contributed by atoms with Crippen molar-refractivity contribution in [1.82, 2.24) is 9.80 Å². The lowest BCUT2D eigenvalue weighted by Crippen LogP contribution is -2.44. The lowest BCUT2D eigenvalue weighted by atomic mass is 10.0. The summed E-state index contributed by atoms with van der Waals surface area (Å²) in [4.78, 5) is 28.8. The molecule has 6 nitrogen and oxygen atoms in total. The average Bonchev–Trinajstić information content (AvgIpc) is 3.12. The van der Waals surface area contributed by atoms with E-state index in [1.165, 1.54) is 0 Å². The lowest BCUT2D eigenvalue weighted by molar-refractivity contribution is 0.0791. The van der Waals surface area contributed by atoms with Crippen molar-refractivity contribution in [1.29, 1.82) is 0 Å². The highest BCUT2D eigenvalue weighted by atomic mass is 28.3. The fraction of sp³-hybridized carbons (Fsp3) is 0.600. The Labute approximate surface area is 163 Å². The van der Waals surface area contributed by atoms with Crippen LogP contribution < -0.4 is 0 Å². The number of ether oxygens (including phenoxy) is 1. The van der Waals surface area contributed by atoms with Gasteiger partial charge in [-0.05, 0) is 49.9 Å². The molecule has 150 valence electrons. The topological polar surface area (TPSA) is 70.1 Å². The van der Waals surface area contributed by atoms with Crippen molar-refractivity contribution in [2.45, 2.75) is 45.8 Å². The zero-order valence-electron chi connectivity index (χ0n) is 17.0. The van der Waals surface area contributed by atoms with Gasteiger partial charge in [0.15, 0.2) is 0 Å². The highest BCUT2D eigenvalue weighted by Gasteiger charge is 2.25. The molecule has 7 heteroatoms. The smallest absolute Gasteiger partial charge is 0.409 e. The molecule has 1 aromatic rings. The van der Waals surface area contributed by atoms with E-state index in [2.05, 4.69) is 19.6 Å². The van der Waals surface area contributed by atoms with Gasteiger partial charge in [-0.15, -0.1) is 0 Å². The van der Waals surface area contributed by atoms with Gasteiger partial charge in [-0.25, -0.2) is 4.79 Å². The fourth-order valence-corrected chi connectivity index (χ4v) is 4.80. The summed E-state index contributed by atoms with van der Waals surface area (Å²) in [5, 5.41) is 9.91. The summed E-state index contributed by atoms with van der Waals surface area (Å²) in [7, 11) is -1.52. The molecule has 1 aliphatic rings. The number of phenolic OH excluding ortho intramolecular Hbond substituents is 1. The van der Waals surface area contributed by atoms with Gasteiger partial charge >= 0.3 is 6.09 Å². The maximum atomic E-state index is 12.8. The third-order valence-corrected chi connectivity index (χ3v) is 5.89. The highest BCUT2D eigenvalue weighted by molar-refractivity contribution is 6.76. The summed E-state index contributed by atoms with van der Waals surface area (Å²) in [6.45, 7) is 10.8. The van der Waals surface area contributed by atoms with Gasteiger partial charge < -0.3 is 19.6 Å². The molecule has 1 aliphatic heterocycles. The standard InChI is InChI=1S/C20H32N2O4Si/c1-5-26-20(25)22(15-27(2,3)4)13-10-16-14-17(23)8-9-18(16)19(24)21-11-6-7-12-21/h8-9,14,23H,5-7,10-13,15H2,1-4H3. The third-order valence-electron chi connectivity index (χ3n) is 4.55. The van der Waals surface area contributed by atoms with Crippen molar-refractivity contribution in [3.8, 4) is 5.75 Å². The Bertz CT molecular complexity index is 666. The summed E-state index contributed by atoms with van der Waals surface area (Å²) in [6.07, 6.45) is 2.96. The Kier molecular flexibility index (Phi) is 7.30. The Morgan fingerprint density at radius 3 is 2.48 bits per heavy atom. The lowest BCUT2D eigenvalue weighted by Gasteiger charge is -2.28.